The molecule has 0 saturated carbocycles. The number of hydrogen-bond donors (Lipinski definition) is 1. The van der Waals surface area contributed by atoms with Gasteiger partial charge in [-0.05, 0) is 37.1 Å². The third-order valence-corrected chi connectivity index (χ3v) is 4.52. The largest absolute Gasteiger partial charge is 0.497 e. The summed E-state index contributed by atoms with van der Waals surface area (Å²) in [6, 6.07) is 8.05. The molecule has 108 valence electrons. The highest BCUT2D eigenvalue weighted by molar-refractivity contribution is 7.85. The van der Waals surface area contributed by atoms with Crippen molar-refractivity contribution in [1.29, 1.82) is 0 Å². The second kappa shape index (κ2) is 8.33. The Morgan fingerprint density at radius 3 is 2.68 bits per heavy atom. The van der Waals surface area contributed by atoms with Crippen LogP contribution in [0.5, 0.6) is 5.75 Å². The van der Waals surface area contributed by atoms with E-state index in [4.69, 9.17) is 4.74 Å². The highest BCUT2D eigenvalue weighted by Crippen LogP contribution is 2.20. The Bertz CT molecular complexity index is 407. The van der Waals surface area contributed by atoms with Gasteiger partial charge < -0.3 is 10.1 Å². The Labute approximate surface area is 119 Å². The molecule has 0 fully saturated rings. The van der Waals surface area contributed by atoms with Gasteiger partial charge in [-0.2, -0.15) is 0 Å². The first-order chi connectivity index (χ1) is 9.06. The van der Waals surface area contributed by atoms with Crippen LogP contribution in [0, 0.1) is 5.92 Å². The van der Waals surface area contributed by atoms with E-state index in [1.165, 1.54) is 0 Å². The van der Waals surface area contributed by atoms with Gasteiger partial charge in [0, 0.05) is 28.3 Å². The third-order valence-electron chi connectivity index (χ3n) is 3.12. The Balaban J connectivity index is 2.64. The maximum Gasteiger partial charge on any atom is 0.119 e. The summed E-state index contributed by atoms with van der Waals surface area (Å²) in [5.41, 5.74) is 1.12. The fourth-order valence-corrected chi connectivity index (χ4v) is 3.47. The minimum Gasteiger partial charge on any atom is -0.497 e. The van der Waals surface area contributed by atoms with Gasteiger partial charge >= 0.3 is 0 Å². The minimum atomic E-state index is -0.783. The molecular weight excluding hydrogens is 258 g/mol. The number of hydrogen-bond acceptors (Lipinski definition) is 3. The van der Waals surface area contributed by atoms with E-state index in [9.17, 15) is 4.21 Å². The summed E-state index contributed by atoms with van der Waals surface area (Å²) >= 11 is 0. The molecule has 3 nitrogen and oxygen atoms in total. The van der Waals surface area contributed by atoms with Crippen molar-refractivity contribution in [2.45, 2.75) is 26.3 Å². The number of rotatable bonds is 8. The lowest BCUT2D eigenvalue weighted by molar-refractivity contribution is 0.413. The fourth-order valence-electron chi connectivity index (χ4n) is 1.84. The van der Waals surface area contributed by atoms with Crippen LogP contribution < -0.4 is 10.1 Å². The van der Waals surface area contributed by atoms with E-state index < -0.39 is 10.8 Å². The second-order valence-electron chi connectivity index (χ2n) is 5.11. The Hall–Kier alpha value is -0.870. The fraction of sp³-hybridized carbons (Fsp3) is 0.600. The van der Waals surface area contributed by atoms with Gasteiger partial charge in [0.2, 0.25) is 0 Å². The lowest BCUT2D eigenvalue weighted by Crippen LogP contribution is -2.24. The van der Waals surface area contributed by atoms with Crippen molar-refractivity contribution >= 4 is 10.8 Å². The molecule has 4 heteroatoms. The summed E-state index contributed by atoms with van der Waals surface area (Å²) < 4.78 is 17.3. The van der Waals surface area contributed by atoms with Gasteiger partial charge in [0.1, 0.15) is 5.75 Å². The molecule has 1 aromatic rings. The van der Waals surface area contributed by atoms with E-state index in [-0.39, 0.29) is 6.04 Å². The summed E-state index contributed by atoms with van der Waals surface area (Å²) in [5, 5.41) is 3.24. The molecule has 2 unspecified atom stereocenters. The predicted octanol–water partition coefficient (Wildman–Crippen LogP) is 2.75. The Morgan fingerprint density at radius 1 is 1.37 bits per heavy atom. The van der Waals surface area contributed by atoms with Crippen LogP contribution in [0.2, 0.25) is 0 Å². The molecule has 0 aromatic heterocycles. The topological polar surface area (TPSA) is 38.3 Å². The third kappa shape index (κ3) is 5.74. The van der Waals surface area contributed by atoms with Gasteiger partial charge in [-0.3, -0.25) is 4.21 Å². The summed E-state index contributed by atoms with van der Waals surface area (Å²) in [6.45, 7) is 4.32. The lowest BCUT2D eigenvalue weighted by Gasteiger charge is -2.17. The molecule has 0 spiro atoms. The molecule has 1 rings (SSSR count). The van der Waals surface area contributed by atoms with Crippen molar-refractivity contribution in [3.63, 3.8) is 0 Å². The molecule has 0 aliphatic rings. The van der Waals surface area contributed by atoms with Crippen LogP contribution in [0.1, 0.15) is 31.9 Å². The van der Waals surface area contributed by atoms with E-state index in [1.807, 2.05) is 31.3 Å². The first-order valence-electron chi connectivity index (χ1n) is 6.73. The van der Waals surface area contributed by atoms with E-state index in [1.54, 1.807) is 7.11 Å². The highest BCUT2D eigenvalue weighted by atomic mass is 32.2. The highest BCUT2D eigenvalue weighted by Gasteiger charge is 2.14. The van der Waals surface area contributed by atoms with E-state index >= 15 is 0 Å². The molecule has 0 radical (unpaired) electrons. The number of methoxy groups -OCH3 is 1. The molecule has 0 saturated heterocycles. The van der Waals surface area contributed by atoms with E-state index in [0.717, 1.165) is 23.5 Å². The monoisotopic (exact) mass is 283 g/mol. The van der Waals surface area contributed by atoms with E-state index in [2.05, 4.69) is 19.2 Å². The van der Waals surface area contributed by atoms with Crippen LogP contribution in [0.4, 0.5) is 0 Å². The number of nitrogens with one attached hydrogen (secondary N) is 1. The van der Waals surface area contributed by atoms with Crippen molar-refractivity contribution in [2.24, 2.45) is 5.92 Å². The average Bonchev–Trinajstić information content (AvgIpc) is 2.42. The average molecular weight is 283 g/mol. The van der Waals surface area contributed by atoms with Crippen molar-refractivity contribution in [3.8, 4) is 5.75 Å². The van der Waals surface area contributed by atoms with Crippen molar-refractivity contribution < 1.29 is 8.95 Å². The van der Waals surface area contributed by atoms with Gasteiger partial charge in [0.05, 0.1) is 7.11 Å². The quantitative estimate of drug-likeness (QED) is 0.797. The second-order valence-corrected chi connectivity index (χ2v) is 6.73. The summed E-state index contributed by atoms with van der Waals surface area (Å²) in [4.78, 5) is 0. The lowest BCUT2D eigenvalue weighted by atomic mass is 10.1. The normalized spacial score (nSPS) is 14.4. The van der Waals surface area contributed by atoms with Gasteiger partial charge in [-0.15, -0.1) is 0 Å². The Morgan fingerprint density at radius 2 is 2.11 bits per heavy atom. The molecule has 1 N–H and O–H groups in total. The zero-order valence-corrected chi connectivity index (χ0v) is 13.1. The predicted molar refractivity (Wildman–Crippen MR) is 82.1 cm³/mol. The van der Waals surface area contributed by atoms with Crippen LogP contribution in [-0.2, 0) is 10.8 Å². The molecule has 0 aliphatic carbocycles. The zero-order valence-electron chi connectivity index (χ0n) is 12.3. The van der Waals surface area contributed by atoms with Gasteiger partial charge in [-0.25, -0.2) is 0 Å². The molecule has 0 aliphatic heterocycles. The standard InChI is InChI=1S/C15H25NO2S/c1-12(2)8-9-19(17)11-15(16-3)13-6-5-7-14(10-13)18-4/h5-7,10,12,15-16H,8-9,11H2,1-4H3. The summed E-state index contributed by atoms with van der Waals surface area (Å²) in [5.74, 6) is 2.87. The zero-order chi connectivity index (χ0) is 14.3. The number of benzene rings is 1. The minimum absolute atomic E-state index is 0.114. The Kier molecular flexibility index (Phi) is 7.10. The first kappa shape index (κ1) is 16.2. The van der Waals surface area contributed by atoms with Crippen LogP contribution >= 0.6 is 0 Å². The summed E-state index contributed by atoms with van der Waals surface area (Å²) in [6.07, 6.45) is 1.02. The molecule has 1 aromatic carbocycles. The van der Waals surface area contributed by atoms with Crippen LogP contribution in [-0.4, -0.2) is 29.9 Å². The smallest absolute Gasteiger partial charge is 0.119 e. The van der Waals surface area contributed by atoms with E-state index in [0.29, 0.717) is 11.7 Å². The molecule has 2 atom stereocenters. The molecule has 0 heterocycles. The van der Waals surface area contributed by atoms with Gasteiger partial charge in [0.25, 0.3) is 0 Å². The van der Waals surface area contributed by atoms with Crippen molar-refractivity contribution in [2.75, 3.05) is 25.7 Å². The van der Waals surface area contributed by atoms with Gasteiger partial charge in [-0.1, -0.05) is 26.0 Å². The molecule has 0 amide bonds. The first-order valence-corrected chi connectivity index (χ1v) is 8.21. The maximum absolute atomic E-state index is 12.1. The van der Waals surface area contributed by atoms with Crippen LogP contribution in [0.3, 0.4) is 0 Å². The van der Waals surface area contributed by atoms with Crippen molar-refractivity contribution in [1.82, 2.24) is 5.32 Å². The molecule has 19 heavy (non-hydrogen) atoms. The van der Waals surface area contributed by atoms with Crippen LogP contribution in [0.15, 0.2) is 24.3 Å². The molecular formula is C15H25NO2S. The van der Waals surface area contributed by atoms with Gasteiger partial charge in [0.15, 0.2) is 0 Å². The van der Waals surface area contributed by atoms with Crippen LogP contribution in [0.25, 0.3) is 0 Å². The molecule has 0 bridgehead atoms. The summed E-state index contributed by atoms with van der Waals surface area (Å²) in [7, 11) is 2.78. The van der Waals surface area contributed by atoms with Crippen molar-refractivity contribution in [3.05, 3.63) is 29.8 Å². The maximum atomic E-state index is 12.1. The SMILES string of the molecule is CNC(CS(=O)CCC(C)C)c1cccc(OC)c1. The number of ether oxygens (including phenoxy) is 1.